The molecule has 3 N–H and O–H groups in total. The smallest absolute Gasteiger partial charge is 0.330 e. The monoisotopic (exact) mass is 181 g/mol. The van der Waals surface area contributed by atoms with E-state index in [-0.39, 0.29) is 0 Å². The minimum Gasteiger partial charge on any atom is -0.437 e. The van der Waals surface area contributed by atoms with Crippen LogP contribution in [0.4, 0.5) is 0 Å². The summed E-state index contributed by atoms with van der Waals surface area (Å²) >= 11 is 0. The Morgan fingerprint density at radius 3 is 2.27 bits per heavy atom. The van der Waals surface area contributed by atoms with Gasteiger partial charge in [-0.1, -0.05) is 0 Å². The minimum atomic E-state index is -4.42. The molecule has 0 aromatic heterocycles. The van der Waals surface area contributed by atoms with Gasteiger partial charge in [-0.05, 0) is 6.92 Å². The van der Waals surface area contributed by atoms with Gasteiger partial charge in [0.15, 0.2) is 6.04 Å². The fourth-order valence-electron chi connectivity index (χ4n) is 0.696. The Morgan fingerprint density at radius 2 is 2.18 bits per heavy atom. The molecule has 0 amide bonds. The van der Waals surface area contributed by atoms with Crippen LogP contribution in [0.3, 0.4) is 0 Å². The first kappa shape index (κ1) is 8.44. The van der Waals surface area contributed by atoms with Gasteiger partial charge in [-0.3, -0.25) is 9.35 Å². The molecular formula is C4H7NO5S. The second-order valence-corrected chi connectivity index (χ2v) is 4.15. The summed E-state index contributed by atoms with van der Waals surface area (Å²) in [6.07, 6.45) is 0. The molecule has 0 unspecified atom stereocenters. The van der Waals surface area contributed by atoms with Crippen LogP contribution in [0.1, 0.15) is 6.92 Å². The lowest BCUT2D eigenvalue weighted by atomic mass is 10.1. The molecule has 1 heterocycles. The maximum Gasteiger partial charge on any atom is 0.330 e. The summed E-state index contributed by atoms with van der Waals surface area (Å²) in [5.74, 6) is -0.829. The fourth-order valence-corrected chi connectivity index (χ4v) is 1.30. The molecule has 0 radical (unpaired) electrons. The van der Waals surface area contributed by atoms with Crippen molar-refractivity contribution in [2.45, 2.75) is 17.9 Å². The van der Waals surface area contributed by atoms with Crippen molar-refractivity contribution in [2.24, 2.45) is 5.73 Å². The van der Waals surface area contributed by atoms with Crippen LogP contribution in [0.15, 0.2) is 0 Å². The molecule has 64 valence electrons. The third kappa shape index (κ3) is 0.924. The van der Waals surface area contributed by atoms with Crippen molar-refractivity contribution < 1.29 is 22.5 Å². The Bertz CT molecular complexity index is 296. The van der Waals surface area contributed by atoms with E-state index in [2.05, 4.69) is 4.74 Å². The molecule has 0 saturated carbocycles. The van der Waals surface area contributed by atoms with Crippen molar-refractivity contribution in [2.75, 3.05) is 0 Å². The highest BCUT2D eigenvalue weighted by atomic mass is 32.2. The first-order valence-corrected chi connectivity index (χ1v) is 4.18. The normalized spacial score (nSPS) is 37.7. The average molecular weight is 181 g/mol. The topological polar surface area (TPSA) is 107 Å². The highest BCUT2D eigenvalue weighted by molar-refractivity contribution is 7.87. The van der Waals surface area contributed by atoms with Crippen LogP contribution in [0.25, 0.3) is 0 Å². The molecule has 0 aromatic rings. The van der Waals surface area contributed by atoms with Crippen LogP contribution in [-0.4, -0.2) is 29.9 Å². The lowest BCUT2D eigenvalue weighted by Gasteiger charge is -2.39. The second-order valence-electron chi connectivity index (χ2n) is 2.39. The number of esters is 1. The number of cyclic esters (lactones) is 1. The van der Waals surface area contributed by atoms with Gasteiger partial charge < -0.3 is 10.5 Å². The van der Waals surface area contributed by atoms with Gasteiger partial charge in [0.05, 0.1) is 0 Å². The first-order chi connectivity index (χ1) is 4.79. The molecule has 0 aliphatic carbocycles. The van der Waals surface area contributed by atoms with Crippen LogP contribution in [0, 0.1) is 0 Å². The van der Waals surface area contributed by atoms with Gasteiger partial charge in [-0.25, -0.2) is 0 Å². The maximum absolute atomic E-state index is 10.5. The van der Waals surface area contributed by atoms with Crippen molar-refractivity contribution in [3.8, 4) is 0 Å². The molecule has 1 fully saturated rings. The standard InChI is InChI=1S/C4H7NO5S/c1-4(11(7,8)9)2(5)3(6)10-4/h2H,5H2,1H3,(H,7,8,9)/t2-,4-/m0/s1. The van der Waals surface area contributed by atoms with Gasteiger partial charge in [0.1, 0.15) is 0 Å². The van der Waals surface area contributed by atoms with Crippen molar-refractivity contribution in [3.05, 3.63) is 0 Å². The van der Waals surface area contributed by atoms with Crippen molar-refractivity contribution >= 4 is 16.1 Å². The maximum atomic E-state index is 10.5. The van der Waals surface area contributed by atoms with Crippen LogP contribution < -0.4 is 5.73 Å². The third-order valence-electron chi connectivity index (χ3n) is 1.63. The Labute approximate surface area is 63.1 Å². The number of rotatable bonds is 1. The summed E-state index contributed by atoms with van der Waals surface area (Å²) in [5.41, 5.74) is 5.07. The second kappa shape index (κ2) is 1.93. The van der Waals surface area contributed by atoms with Gasteiger partial charge in [0, 0.05) is 0 Å². The molecule has 7 heteroatoms. The van der Waals surface area contributed by atoms with E-state index in [0.29, 0.717) is 0 Å². The van der Waals surface area contributed by atoms with Crippen LogP contribution in [0.5, 0.6) is 0 Å². The Kier molecular flexibility index (Phi) is 1.48. The van der Waals surface area contributed by atoms with E-state index in [1.54, 1.807) is 0 Å². The summed E-state index contributed by atoms with van der Waals surface area (Å²) in [4.78, 5) is 8.42. The SMILES string of the molecule is C[C@@]1(S(=O)(=O)O)OC(=O)[C@@H]1N. The summed E-state index contributed by atoms with van der Waals surface area (Å²) in [5, 5.41) is 0. The Balaban J connectivity index is 2.99. The van der Waals surface area contributed by atoms with Crippen molar-refractivity contribution in [1.29, 1.82) is 0 Å². The van der Waals surface area contributed by atoms with Crippen LogP contribution in [0.2, 0.25) is 0 Å². The molecule has 0 aromatic carbocycles. The molecule has 1 rings (SSSR count). The Morgan fingerprint density at radius 1 is 1.73 bits per heavy atom. The van der Waals surface area contributed by atoms with E-state index in [4.69, 9.17) is 10.3 Å². The summed E-state index contributed by atoms with van der Waals surface area (Å²) in [6.45, 7) is 1.04. The van der Waals surface area contributed by atoms with Gasteiger partial charge in [-0.15, -0.1) is 0 Å². The van der Waals surface area contributed by atoms with E-state index >= 15 is 0 Å². The number of hydrogen-bond donors (Lipinski definition) is 2. The fraction of sp³-hybridized carbons (Fsp3) is 0.750. The number of hydrogen-bond acceptors (Lipinski definition) is 5. The molecule has 2 atom stereocenters. The van der Waals surface area contributed by atoms with E-state index < -0.39 is 27.1 Å². The number of ether oxygens (including phenoxy) is 1. The molecule has 0 spiro atoms. The number of carbonyl (C=O) groups excluding carboxylic acids is 1. The summed E-state index contributed by atoms with van der Waals surface area (Å²) in [6, 6.07) is -1.29. The predicted molar refractivity (Wildman–Crippen MR) is 34.0 cm³/mol. The van der Waals surface area contributed by atoms with Gasteiger partial charge in [-0.2, -0.15) is 8.42 Å². The molecule has 11 heavy (non-hydrogen) atoms. The lowest BCUT2D eigenvalue weighted by Crippen LogP contribution is -2.68. The van der Waals surface area contributed by atoms with E-state index in [1.165, 1.54) is 0 Å². The summed E-state index contributed by atoms with van der Waals surface area (Å²) < 4.78 is 33.7. The highest BCUT2D eigenvalue weighted by Crippen LogP contribution is 2.30. The average Bonchev–Trinajstić information content (AvgIpc) is 1.85. The van der Waals surface area contributed by atoms with E-state index in [0.717, 1.165) is 6.92 Å². The Hall–Kier alpha value is -0.660. The molecule has 1 aliphatic rings. The van der Waals surface area contributed by atoms with E-state index in [9.17, 15) is 13.2 Å². The van der Waals surface area contributed by atoms with Gasteiger partial charge >= 0.3 is 16.1 Å². The molecule has 1 saturated heterocycles. The largest absolute Gasteiger partial charge is 0.437 e. The predicted octanol–water partition coefficient (Wildman–Crippen LogP) is -1.53. The zero-order valence-corrected chi connectivity index (χ0v) is 6.46. The molecule has 0 bridgehead atoms. The minimum absolute atomic E-state index is 0.829. The zero-order valence-electron chi connectivity index (χ0n) is 5.64. The van der Waals surface area contributed by atoms with Gasteiger partial charge in [0.25, 0.3) is 4.93 Å². The molecular weight excluding hydrogens is 174 g/mol. The van der Waals surface area contributed by atoms with Crippen LogP contribution in [-0.2, 0) is 19.6 Å². The molecule has 6 nitrogen and oxygen atoms in total. The quantitative estimate of drug-likeness (QED) is 0.375. The number of carbonyl (C=O) groups is 1. The third-order valence-corrected chi connectivity index (χ3v) is 3.00. The summed E-state index contributed by atoms with van der Waals surface area (Å²) in [7, 11) is -4.42. The zero-order chi connectivity index (χ0) is 8.86. The molecule has 1 aliphatic heterocycles. The van der Waals surface area contributed by atoms with E-state index in [1.807, 2.05) is 0 Å². The highest BCUT2D eigenvalue weighted by Gasteiger charge is 2.60. The lowest BCUT2D eigenvalue weighted by molar-refractivity contribution is -0.179. The number of nitrogens with two attached hydrogens (primary N) is 1. The first-order valence-electron chi connectivity index (χ1n) is 2.74. The van der Waals surface area contributed by atoms with Gasteiger partial charge in [0.2, 0.25) is 0 Å². The van der Waals surface area contributed by atoms with Crippen molar-refractivity contribution in [3.63, 3.8) is 0 Å². The van der Waals surface area contributed by atoms with Crippen molar-refractivity contribution in [1.82, 2.24) is 0 Å². The van der Waals surface area contributed by atoms with Crippen LogP contribution >= 0.6 is 0 Å².